The Bertz CT molecular complexity index is 823. The van der Waals surface area contributed by atoms with E-state index < -0.39 is 17.8 Å². The first-order chi connectivity index (χ1) is 11.4. The van der Waals surface area contributed by atoms with Gasteiger partial charge in [-0.05, 0) is 40.5 Å². The number of fused-ring (bicyclic) bond motifs is 1. The lowest BCUT2D eigenvalue weighted by molar-refractivity contribution is -0.152. The maximum atomic E-state index is 13.3. The lowest BCUT2D eigenvalue weighted by Crippen LogP contribution is -2.51. The molecule has 2 aromatic rings. The topological polar surface area (TPSA) is 88.3 Å². The number of aryl methyl sites for hydroxylation is 1. The van der Waals surface area contributed by atoms with Crippen molar-refractivity contribution in [1.82, 2.24) is 19.7 Å². The smallest absolute Gasteiger partial charge is 0.328 e. The predicted octanol–water partition coefficient (Wildman–Crippen LogP) is 1.53. The summed E-state index contributed by atoms with van der Waals surface area (Å²) in [5.41, 5.74) is 0.598. The number of carbonyl (C=O) groups excluding carboxylic acids is 1. The van der Waals surface area contributed by atoms with E-state index in [1.165, 1.54) is 23.1 Å². The number of halogens is 2. The van der Waals surface area contributed by atoms with Gasteiger partial charge < -0.3 is 14.6 Å². The van der Waals surface area contributed by atoms with Gasteiger partial charge >= 0.3 is 5.97 Å². The van der Waals surface area contributed by atoms with E-state index >= 15 is 0 Å². The van der Waals surface area contributed by atoms with Crippen molar-refractivity contribution >= 4 is 27.8 Å². The lowest BCUT2D eigenvalue weighted by atomic mass is 10.1. The van der Waals surface area contributed by atoms with Crippen LogP contribution in [0, 0.1) is 12.7 Å². The lowest BCUT2D eigenvalue weighted by Gasteiger charge is -2.33. The molecule has 0 saturated heterocycles. The fourth-order valence-electron chi connectivity index (χ4n) is 2.71. The number of aromatic nitrogens is 3. The van der Waals surface area contributed by atoms with E-state index in [4.69, 9.17) is 0 Å². The van der Waals surface area contributed by atoms with E-state index in [1.807, 2.05) is 0 Å². The van der Waals surface area contributed by atoms with E-state index in [-0.39, 0.29) is 29.9 Å². The van der Waals surface area contributed by atoms with Crippen molar-refractivity contribution < 1.29 is 19.1 Å². The van der Waals surface area contributed by atoms with Crippen molar-refractivity contribution in [2.75, 3.05) is 0 Å². The van der Waals surface area contributed by atoms with E-state index in [0.29, 0.717) is 17.2 Å². The van der Waals surface area contributed by atoms with E-state index in [2.05, 4.69) is 26.1 Å². The molecule has 1 aliphatic heterocycles. The Balaban J connectivity index is 1.84. The molecule has 0 bridgehead atoms. The van der Waals surface area contributed by atoms with E-state index in [1.54, 1.807) is 11.5 Å². The number of benzene rings is 1. The molecule has 0 radical (unpaired) electrons. The van der Waals surface area contributed by atoms with Crippen LogP contribution in [0.25, 0.3) is 0 Å². The molecule has 0 fully saturated rings. The van der Waals surface area contributed by atoms with Gasteiger partial charge in [0.2, 0.25) is 5.91 Å². The van der Waals surface area contributed by atoms with Crippen LogP contribution < -0.4 is 0 Å². The SMILES string of the molecule is Cc1nnc2n1CC(C(=O)O)N(C(=O)Cc1ccc(F)c(Br)c1)C2. The number of aliphatic carboxylic acids is 1. The van der Waals surface area contributed by atoms with Gasteiger partial charge in [-0.25, -0.2) is 9.18 Å². The minimum atomic E-state index is -1.08. The van der Waals surface area contributed by atoms with Gasteiger partial charge in [-0.2, -0.15) is 0 Å². The zero-order chi connectivity index (χ0) is 17.4. The van der Waals surface area contributed by atoms with Gasteiger partial charge in [0, 0.05) is 0 Å². The number of carbonyl (C=O) groups is 2. The average Bonchev–Trinajstić information content (AvgIpc) is 2.90. The van der Waals surface area contributed by atoms with Crippen LogP contribution in [0.1, 0.15) is 17.2 Å². The molecular weight excluding hydrogens is 383 g/mol. The second kappa shape index (κ2) is 6.31. The summed E-state index contributed by atoms with van der Waals surface area (Å²) in [7, 11) is 0. The van der Waals surface area contributed by atoms with Crippen molar-refractivity contribution in [3.05, 3.63) is 45.7 Å². The molecule has 0 aliphatic carbocycles. The molecule has 1 aromatic heterocycles. The Hall–Kier alpha value is -2.29. The standard InChI is InChI=1S/C15H14BrFN4O3/c1-8-18-19-13-7-21(12(15(23)24)6-20(8)13)14(22)5-9-2-3-11(17)10(16)4-9/h2-4,12H,5-7H2,1H3,(H,23,24). The van der Waals surface area contributed by atoms with Gasteiger partial charge in [0.25, 0.3) is 0 Å². The first-order valence-corrected chi connectivity index (χ1v) is 8.01. The molecule has 1 aliphatic rings. The Morgan fingerprint density at radius 1 is 1.42 bits per heavy atom. The number of amides is 1. The van der Waals surface area contributed by atoms with Gasteiger partial charge in [0.1, 0.15) is 17.7 Å². The molecule has 0 spiro atoms. The number of hydrogen-bond acceptors (Lipinski definition) is 4. The van der Waals surface area contributed by atoms with Gasteiger partial charge in [0.05, 0.1) is 24.0 Å². The summed E-state index contributed by atoms with van der Waals surface area (Å²) in [6.07, 6.45) is -0.0181. The van der Waals surface area contributed by atoms with Gasteiger partial charge in [-0.3, -0.25) is 4.79 Å². The fraction of sp³-hybridized carbons (Fsp3) is 0.333. The molecule has 126 valence electrons. The van der Waals surface area contributed by atoms with Gasteiger partial charge in [-0.1, -0.05) is 6.07 Å². The van der Waals surface area contributed by atoms with Crippen molar-refractivity contribution in [3.63, 3.8) is 0 Å². The molecule has 3 rings (SSSR count). The minimum Gasteiger partial charge on any atom is -0.480 e. The first kappa shape index (κ1) is 16.6. The molecule has 24 heavy (non-hydrogen) atoms. The number of carboxylic acids is 1. The van der Waals surface area contributed by atoms with Gasteiger partial charge in [-0.15, -0.1) is 10.2 Å². The minimum absolute atomic E-state index is 0.0181. The number of hydrogen-bond donors (Lipinski definition) is 1. The molecular formula is C15H14BrFN4O3. The highest BCUT2D eigenvalue weighted by Crippen LogP contribution is 2.21. The summed E-state index contributed by atoms with van der Waals surface area (Å²) in [5.74, 6) is -0.684. The zero-order valence-corrected chi connectivity index (χ0v) is 14.3. The predicted molar refractivity (Wildman–Crippen MR) is 84.5 cm³/mol. The van der Waals surface area contributed by atoms with Crippen LogP contribution >= 0.6 is 15.9 Å². The van der Waals surface area contributed by atoms with E-state index in [0.717, 1.165) is 0 Å². The summed E-state index contributed by atoms with van der Waals surface area (Å²) < 4.78 is 15.3. The molecule has 1 amide bonds. The first-order valence-electron chi connectivity index (χ1n) is 7.21. The summed E-state index contributed by atoms with van der Waals surface area (Å²) in [6, 6.07) is 3.30. The third-order valence-corrected chi connectivity index (χ3v) is 4.61. The monoisotopic (exact) mass is 396 g/mol. The normalized spacial score (nSPS) is 16.8. The zero-order valence-electron chi connectivity index (χ0n) is 12.7. The Morgan fingerprint density at radius 3 is 2.83 bits per heavy atom. The van der Waals surface area contributed by atoms with Crippen LogP contribution in [0.3, 0.4) is 0 Å². The van der Waals surface area contributed by atoms with Crippen LogP contribution in [0.15, 0.2) is 22.7 Å². The van der Waals surface area contributed by atoms with Crippen LogP contribution in [-0.4, -0.2) is 42.7 Å². The molecule has 7 nitrogen and oxygen atoms in total. The van der Waals surface area contributed by atoms with Gasteiger partial charge in [0.15, 0.2) is 5.82 Å². The third-order valence-electron chi connectivity index (χ3n) is 4.00. The number of nitrogens with zero attached hydrogens (tertiary/aromatic N) is 4. The summed E-state index contributed by atoms with van der Waals surface area (Å²) >= 11 is 3.08. The fourth-order valence-corrected chi connectivity index (χ4v) is 3.14. The Morgan fingerprint density at radius 2 is 2.17 bits per heavy atom. The number of rotatable bonds is 3. The summed E-state index contributed by atoms with van der Waals surface area (Å²) in [6.45, 7) is 1.93. The largest absolute Gasteiger partial charge is 0.480 e. The van der Waals surface area contributed by atoms with Crippen molar-refractivity contribution in [2.45, 2.75) is 32.5 Å². The van der Waals surface area contributed by atoms with E-state index in [9.17, 15) is 19.1 Å². The average molecular weight is 397 g/mol. The maximum Gasteiger partial charge on any atom is 0.328 e. The highest BCUT2D eigenvalue weighted by Gasteiger charge is 2.36. The highest BCUT2D eigenvalue weighted by atomic mass is 79.9. The summed E-state index contributed by atoms with van der Waals surface area (Å²) in [4.78, 5) is 25.4. The Kier molecular flexibility index (Phi) is 4.35. The third kappa shape index (κ3) is 3.03. The molecule has 1 atom stereocenters. The summed E-state index contributed by atoms with van der Waals surface area (Å²) in [5, 5.41) is 17.4. The molecule has 1 N–H and O–H groups in total. The maximum absolute atomic E-state index is 13.3. The number of carboxylic acid groups (broad SMARTS) is 1. The van der Waals surface area contributed by atoms with Crippen molar-refractivity contribution in [3.8, 4) is 0 Å². The second-order valence-corrected chi connectivity index (χ2v) is 6.43. The second-order valence-electron chi connectivity index (χ2n) is 5.57. The highest BCUT2D eigenvalue weighted by molar-refractivity contribution is 9.10. The molecule has 0 saturated carbocycles. The molecule has 1 unspecified atom stereocenters. The molecule has 1 aromatic carbocycles. The van der Waals surface area contributed by atoms with Crippen LogP contribution in [0.2, 0.25) is 0 Å². The van der Waals surface area contributed by atoms with Crippen LogP contribution in [0.4, 0.5) is 4.39 Å². The Labute approximate surface area is 145 Å². The van der Waals surface area contributed by atoms with Crippen molar-refractivity contribution in [2.24, 2.45) is 0 Å². The quantitative estimate of drug-likeness (QED) is 0.849. The van der Waals surface area contributed by atoms with Crippen molar-refractivity contribution in [1.29, 1.82) is 0 Å². The molecule has 2 heterocycles. The van der Waals surface area contributed by atoms with Crippen LogP contribution in [-0.2, 0) is 29.1 Å². The van der Waals surface area contributed by atoms with Crippen LogP contribution in [0.5, 0.6) is 0 Å². The molecule has 9 heteroatoms.